The average Bonchev–Trinajstić information content (AvgIpc) is 2.99. The summed E-state index contributed by atoms with van der Waals surface area (Å²) in [6.07, 6.45) is 0.986. The summed E-state index contributed by atoms with van der Waals surface area (Å²) in [5, 5.41) is 6.19. The predicted octanol–water partition coefficient (Wildman–Crippen LogP) is 4.17. The molecule has 2 rings (SSSR count). The van der Waals surface area contributed by atoms with E-state index in [0.717, 1.165) is 23.4 Å². The van der Waals surface area contributed by atoms with Crippen molar-refractivity contribution in [3.8, 4) is 0 Å². The Morgan fingerprint density at radius 2 is 2.22 bits per heavy atom. The molecule has 0 aliphatic carbocycles. The fourth-order valence-corrected chi connectivity index (χ4v) is 3.35. The van der Waals surface area contributed by atoms with Gasteiger partial charge in [-0.1, -0.05) is 6.92 Å². The molecule has 2 aromatic heterocycles. The molecule has 18 heavy (non-hydrogen) atoms. The quantitative estimate of drug-likeness (QED) is 0.804. The number of aryl methyl sites for hydroxylation is 1. The average molecular weight is 279 g/mol. The molecule has 0 N–H and O–H groups in total. The zero-order chi connectivity index (χ0) is 13.0. The number of thiophene rings is 2. The zero-order valence-electron chi connectivity index (χ0n) is 10.7. The minimum atomic E-state index is 0.154. The van der Waals surface area contributed by atoms with Crippen molar-refractivity contribution in [3.05, 3.63) is 44.3 Å². The van der Waals surface area contributed by atoms with Crippen LogP contribution < -0.4 is 0 Å². The number of hydrogen-bond donors (Lipinski definition) is 0. The van der Waals surface area contributed by atoms with Crippen molar-refractivity contribution < 1.29 is 4.79 Å². The van der Waals surface area contributed by atoms with E-state index in [1.807, 2.05) is 23.3 Å². The molecule has 0 aromatic carbocycles. The van der Waals surface area contributed by atoms with Gasteiger partial charge >= 0.3 is 0 Å². The predicted molar refractivity (Wildman–Crippen MR) is 78.4 cm³/mol. The van der Waals surface area contributed by atoms with Crippen LogP contribution in [0.15, 0.2) is 28.3 Å². The molecular weight excluding hydrogens is 262 g/mol. The third kappa shape index (κ3) is 3.21. The maximum absolute atomic E-state index is 12.4. The fraction of sp³-hybridized carbons (Fsp3) is 0.357. The lowest BCUT2D eigenvalue weighted by Gasteiger charge is -2.20. The summed E-state index contributed by atoms with van der Waals surface area (Å²) in [5.41, 5.74) is 2.38. The van der Waals surface area contributed by atoms with E-state index in [1.54, 1.807) is 11.3 Å². The second kappa shape index (κ2) is 6.16. The Morgan fingerprint density at radius 1 is 1.39 bits per heavy atom. The summed E-state index contributed by atoms with van der Waals surface area (Å²) >= 11 is 3.21. The van der Waals surface area contributed by atoms with Crippen molar-refractivity contribution in [2.75, 3.05) is 6.54 Å². The molecule has 0 spiro atoms. The molecule has 2 heterocycles. The van der Waals surface area contributed by atoms with E-state index in [-0.39, 0.29) is 5.91 Å². The normalized spacial score (nSPS) is 10.6. The van der Waals surface area contributed by atoms with Crippen LogP contribution in [0.25, 0.3) is 0 Å². The summed E-state index contributed by atoms with van der Waals surface area (Å²) < 4.78 is 0. The van der Waals surface area contributed by atoms with Crippen LogP contribution in [0.1, 0.15) is 34.1 Å². The second-order valence-electron chi connectivity index (χ2n) is 4.35. The van der Waals surface area contributed by atoms with E-state index in [1.165, 1.54) is 16.9 Å². The Bertz CT molecular complexity index is 502. The lowest BCUT2D eigenvalue weighted by molar-refractivity contribution is 0.0748. The number of rotatable bonds is 5. The van der Waals surface area contributed by atoms with Crippen molar-refractivity contribution in [3.63, 3.8) is 0 Å². The van der Waals surface area contributed by atoms with Crippen LogP contribution >= 0.6 is 22.7 Å². The molecule has 1 amide bonds. The molecule has 0 atom stereocenters. The molecule has 96 valence electrons. The highest BCUT2D eigenvalue weighted by atomic mass is 32.1. The summed E-state index contributed by atoms with van der Waals surface area (Å²) in [6, 6.07) is 4.06. The molecule has 0 saturated carbocycles. The van der Waals surface area contributed by atoms with Crippen LogP contribution in [0.3, 0.4) is 0 Å². The summed E-state index contributed by atoms with van der Waals surface area (Å²) in [4.78, 5) is 15.2. The maximum atomic E-state index is 12.4. The van der Waals surface area contributed by atoms with Crippen LogP contribution in [0.2, 0.25) is 0 Å². The summed E-state index contributed by atoms with van der Waals surface area (Å²) in [7, 11) is 0. The second-order valence-corrected chi connectivity index (χ2v) is 6.04. The Hall–Kier alpha value is -1.13. The van der Waals surface area contributed by atoms with Gasteiger partial charge in [-0.25, -0.2) is 0 Å². The van der Waals surface area contributed by atoms with Gasteiger partial charge in [0, 0.05) is 13.1 Å². The highest BCUT2D eigenvalue weighted by Gasteiger charge is 2.16. The van der Waals surface area contributed by atoms with Crippen molar-refractivity contribution in [2.24, 2.45) is 0 Å². The van der Waals surface area contributed by atoms with Gasteiger partial charge in [0.1, 0.15) is 0 Å². The van der Waals surface area contributed by atoms with E-state index in [0.29, 0.717) is 6.54 Å². The molecule has 0 bridgehead atoms. The Kier molecular flexibility index (Phi) is 4.55. The molecular formula is C14H17NOS2. The molecule has 2 nitrogen and oxygen atoms in total. The Labute approximate surface area is 116 Å². The smallest absolute Gasteiger partial charge is 0.264 e. The lowest BCUT2D eigenvalue weighted by atomic mass is 10.2. The Morgan fingerprint density at radius 3 is 2.78 bits per heavy atom. The van der Waals surface area contributed by atoms with Gasteiger partial charge in [0.15, 0.2) is 0 Å². The Balaban J connectivity index is 2.11. The standard InChI is InChI=1S/C14H17NOS2/c1-3-5-15(8-12-4-6-17-10-12)14(16)13-7-11(2)9-18-13/h4,6-7,9-10H,3,5,8H2,1-2H3. The first-order valence-electron chi connectivity index (χ1n) is 6.06. The van der Waals surface area contributed by atoms with Gasteiger partial charge in [-0.3, -0.25) is 4.79 Å². The minimum Gasteiger partial charge on any atom is -0.334 e. The van der Waals surface area contributed by atoms with E-state index < -0.39 is 0 Å². The van der Waals surface area contributed by atoms with E-state index in [2.05, 4.69) is 23.8 Å². The molecule has 0 unspecified atom stereocenters. The van der Waals surface area contributed by atoms with Crippen molar-refractivity contribution >= 4 is 28.6 Å². The number of nitrogens with zero attached hydrogens (tertiary/aromatic N) is 1. The van der Waals surface area contributed by atoms with E-state index in [4.69, 9.17) is 0 Å². The van der Waals surface area contributed by atoms with Crippen LogP contribution in [0.4, 0.5) is 0 Å². The first kappa shape index (κ1) is 13.3. The third-order valence-electron chi connectivity index (χ3n) is 2.68. The minimum absolute atomic E-state index is 0.154. The van der Waals surface area contributed by atoms with E-state index >= 15 is 0 Å². The van der Waals surface area contributed by atoms with Crippen LogP contribution in [0, 0.1) is 6.92 Å². The summed E-state index contributed by atoms with van der Waals surface area (Å²) in [5.74, 6) is 0.154. The van der Waals surface area contributed by atoms with Gasteiger partial charge in [-0.15, -0.1) is 11.3 Å². The highest BCUT2D eigenvalue weighted by Crippen LogP contribution is 2.18. The van der Waals surface area contributed by atoms with Crippen LogP contribution in [0.5, 0.6) is 0 Å². The number of amides is 1. The largest absolute Gasteiger partial charge is 0.334 e. The molecule has 4 heteroatoms. The van der Waals surface area contributed by atoms with Gasteiger partial charge in [0.2, 0.25) is 0 Å². The first-order chi connectivity index (χ1) is 8.70. The first-order valence-corrected chi connectivity index (χ1v) is 7.88. The lowest BCUT2D eigenvalue weighted by Crippen LogP contribution is -2.30. The molecule has 0 fully saturated rings. The summed E-state index contributed by atoms with van der Waals surface area (Å²) in [6.45, 7) is 5.66. The van der Waals surface area contributed by atoms with Crippen molar-refractivity contribution in [1.29, 1.82) is 0 Å². The third-order valence-corrected chi connectivity index (χ3v) is 4.44. The maximum Gasteiger partial charge on any atom is 0.264 e. The van der Waals surface area contributed by atoms with E-state index in [9.17, 15) is 4.79 Å². The van der Waals surface area contributed by atoms with Crippen molar-refractivity contribution in [1.82, 2.24) is 4.90 Å². The van der Waals surface area contributed by atoms with Crippen LogP contribution in [-0.2, 0) is 6.54 Å². The monoisotopic (exact) mass is 279 g/mol. The highest BCUT2D eigenvalue weighted by molar-refractivity contribution is 7.12. The topological polar surface area (TPSA) is 20.3 Å². The van der Waals surface area contributed by atoms with Gasteiger partial charge in [-0.05, 0) is 52.7 Å². The van der Waals surface area contributed by atoms with Gasteiger partial charge < -0.3 is 4.90 Å². The van der Waals surface area contributed by atoms with Gasteiger partial charge in [-0.2, -0.15) is 11.3 Å². The molecule has 0 aliphatic heterocycles. The van der Waals surface area contributed by atoms with Gasteiger partial charge in [0.05, 0.1) is 4.88 Å². The molecule has 2 aromatic rings. The molecule has 0 saturated heterocycles. The van der Waals surface area contributed by atoms with Crippen molar-refractivity contribution in [2.45, 2.75) is 26.8 Å². The number of carbonyl (C=O) groups excluding carboxylic acids is 1. The number of carbonyl (C=O) groups is 1. The number of hydrogen-bond acceptors (Lipinski definition) is 3. The van der Waals surface area contributed by atoms with Crippen LogP contribution in [-0.4, -0.2) is 17.4 Å². The molecule has 0 aliphatic rings. The van der Waals surface area contributed by atoms with Gasteiger partial charge in [0.25, 0.3) is 5.91 Å². The SMILES string of the molecule is CCCN(Cc1ccsc1)C(=O)c1cc(C)cs1. The fourth-order valence-electron chi connectivity index (χ4n) is 1.82. The molecule has 0 radical (unpaired) electrons. The zero-order valence-corrected chi connectivity index (χ0v) is 12.3.